The minimum atomic E-state index is 0.0291. The van der Waals surface area contributed by atoms with Gasteiger partial charge < -0.3 is 19.7 Å². The minimum Gasteiger partial charge on any atom is -0.382 e. The van der Waals surface area contributed by atoms with Crippen molar-refractivity contribution in [3.63, 3.8) is 0 Å². The van der Waals surface area contributed by atoms with E-state index in [-0.39, 0.29) is 18.1 Å². The highest BCUT2D eigenvalue weighted by Gasteiger charge is 2.40. The molecule has 4 atom stereocenters. The molecule has 0 aromatic carbocycles. The van der Waals surface area contributed by atoms with Gasteiger partial charge in [0.05, 0.1) is 25.4 Å². The number of hydrogen-bond donors (Lipinski definition) is 1. The highest BCUT2D eigenvalue weighted by atomic mass is 16.5. The van der Waals surface area contributed by atoms with E-state index >= 15 is 0 Å². The van der Waals surface area contributed by atoms with Gasteiger partial charge in [-0.05, 0) is 25.2 Å². The van der Waals surface area contributed by atoms with Crippen LogP contribution in [0.5, 0.6) is 0 Å². The summed E-state index contributed by atoms with van der Waals surface area (Å²) in [4.78, 5) is 14.6. The van der Waals surface area contributed by atoms with Gasteiger partial charge >= 0.3 is 0 Å². The Morgan fingerprint density at radius 2 is 2.25 bits per heavy atom. The number of carbonyl (C=O) groups is 1. The Hall–Kier alpha value is -0.650. The molecule has 1 amide bonds. The molecule has 3 rings (SSSR count). The Bertz CT molecular complexity index is 334. The molecule has 0 spiro atoms. The standard InChI is InChI=1S/C15H26N2O3/c1-19-10-12-9-17(6-7-20-12)15(18)14-8-11-4-2-3-5-13(11)16-14/h11-14,16H,2-10H2,1H3/t11-,12+,13+,14+/m1/s1. The van der Waals surface area contributed by atoms with Crippen LogP contribution in [0.4, 0.5) is 0 Å². The van der Waals surface area contributed by atoms with Crippen LogP contribution in [0.25, 0.3) is 0 Å². The first kappa shape index (κ1) is 14.3. The number of amides is 1. The van der Waals surface area contributed by atoms with Gasteiger partial charge in [0.15, 0.2) is 0 Å². The van der Waals surface area contributed by atoms with Gasteiger partial charge in [0.25, 0.3) is 0 Å². The topological polar surface area (TPSA) is 50.8 Å². The predicted molar refractivity (Wildman–Crippen MR) is 75.5 cm³/mol. The molecule has 0 aromatic rings. The van der Waals surface area contributed by atoms with Crippen LogP contribution >= 0.6 is 0 Å². The zero-order valence-electron chi connectivity index (χ0n) is 12.3. The number of fused-ring (bicyclic) bond motifs is 1. The summed E-state index contributed by atoms with van der Waals surface area (Å²) in [7, 11) is 1.67. The fourth-order valence-electron chi connectivity index (χ4n) is 3.94. The fourth-order valence-corrected chi connectivity index (χ4v) is 3.94. The SMILES string of the molecule is COC[C@@H]1CN(C(=O)[C@@H]2C[C@H]3CCCC[C@@H]3N2)CCO1. The lowest BCUT2D eigenvalue weighted by molar-refractivity contribution is -0.142. The van der Waals surface area contributed by atoms with Gasteiger partial charge in [-0.25, -0.2) is 0 Å². The Kier molecular flexibility index (Phi) is 4.58. The largest absolute Gasteiger partial charge is 0.382 e. The number of nitrogens with one attached hydrogen (secondary N) is 1. The zero-order valence-corrected chi connectivity index (χ0v) is 12.3. The van der Waals surface area contributed by atoms with Gasteiger partial charge in [0, 0.05) is 26.2 Å². The summed E-state index contributed by atoms with van der Waals surface area (Å²) in [5, 5.41) is 3.57. The predicted octanol–water partition coefficient (Wildman–Crippen LogP) is 0.781. The molecule has 5 heteroatoms. The van der Waals surface area contributed by atoms with E-state index in [1.807, 2.05) is 4.90 Å². The van der Waals surface area contributed by atoms with Gasteiger partial charge in [-0.3, -0.25) is 4.79 Å². The van der Waals surface area contributed by atoms with Crippen LogP contribution in [-0.4, -0.2) is 62.4 Å². The second-order valence-electron chi connectivity index (χ2n) is 6.34. The summed E-state index contributed by atoms with van der Waals surface area (Å²) >= 11 is 0. The lowest BCUT2D eigenvalue weighted by Crippen LogP contribution is -2.52. The van der Waals surface area contributed by atoms with Gasteiger partial charge in [0.2, 0.25) is 5.91 Å². The third-order valence-corrected chi connectivity index (χ3v) is 4.96. The molecule has 114 valence electrons. The Balaban J connectivity index is 1.55. The van der Waals surface area contributed by atoms with Crippen molar-refractivity contribution in [2.24, 2.45) is 5.92 Å². The summed E-state index contributed by atoms with van der Waals surface area (Å²) in [5.41, 5.74) is 0. The average Bonchev–Trinajstić information content (AvgIpc) is 2.91. The van der Waals surface area contributed by atoms with Crippen LogP contribution in [0.15, 0.2) is 0 Å². The summed E-state index contributed by atoms with van der Waals surface area (Å²) in [6.45, 7) is 2.57. The average molecular weight is 282 g/mol. The van der Waals surface area contributed by atoms with E-state index in [2.05, 4.69) is 5.32 Å². The summed E-state index contributed by atoms with van der Waals surface area (Å²) < 4.78 is 10.8. The van der Waals surface area contributed by atoms with E-state index in [4.69, 9.17) is 9.47 Å². The Morgan fingerprint density at radius 1 is 1.40 bits per heavy atom. The van der Waals surface area contributed by atoms with Crippen molar-refractivity contribution >= 4 is 5.91 Å². The first-order chi connectivity index (χ1) is 9.78. The maximum Gasteiger partial charge on any atom is 0.239 e. The Labute approximate surface area is 121 Å². The minimum absolute atomic E-state index is 0.0291. The van der Waals surface area contributed by atoms with E-state index in [1.54, 1.807) is 7.11 Å². The Morgan fingerprint density at radius 3 is 3.05 bits per heavy atom. The summed E-state index contributed by atoms with van der Waals surface area (Å²) in [6, 6.07) is 0.609. The number of carbonyl (C=O) groups excluding carboxylic acids is 1. The number of ether oxygens (including phenoxy) is 2. The van der Waals surface area contributed by atoms with Crippen molar-refractivity contribution in [2.75, 3.05) is 33.4 Å². The van der Waals surface area contributed by atoms with Crippen LogP contribution in [0.3, 0.4) is 0 Å². The first-order valence-electron chi connectivity index (χ1n) is 7.93. The van der Waals surface area contributed by atoms with E-state index < -0.39 is 0 Å². The van der Waals surface area contributed by atoms with Crippen molar-refractivity contribution in [1.82, 2.24) is 10.2 Å². The molecule has 2 aliphatic heterocycles. The molecule has 0 radical (unpaired) electrons. The van der Waals surface area contributed by atoms with E-state index in [9.17, 15) is 4.79 Å². The lowest BCUT2D eigenvalue weighted by Gasteiger charge is -2.34. The number of hydrogen-bond acceptors (Lipinski definition) is 4. The molecule has 3 aliphatic rings. The lowest BCUT2D eigenvalue weighted by atomic mass is 9.85. The van der Waals surface area contributed by atoms with Crippen LogP contribution < -0.4 is 5.32 Å². The smallest absolute Gasteiger partial charge is 0.239 e. The zero-order chi connectivity index (χ0) is 13.9. The van der Waals surface area contributed by atoms with Crippen LogP contribution in [0.2, 0.25) is 0 Å². The maximum absolute atomic E-state index is 12.7. The van der Waals surface area contributed by atoms with Crippen LogP contribution in [-0.2, 0) is 14.3 Å². The number of methoxy groups -OCH3 is 1. The highest BCUT2D eigenvalue weighted by molar-refractivity contribution is 5.82. The van der Waals surface area contributed by atoms with E-state index in [0.717, 1.165) is 6.42 Å². The first-order valence-corrected chi connectivity index (χ1v) is 7.93. The molecule has 1 N–H and O–H groups in total. The van der Waals surface area contributed by atoms with Gasteiger partial charge in [0.1, 0.15) is 0 Å². The van der Waals surface area contributed by atoms with Gasteiger partial charge in [-0.15, -0.1) is 0 Å². The quantitative estimate of drug-likeness (QED) is 0.831. The summed E-state index contributed by atoms with van der Waals surface area (Å²) in [5.74, 6) is 0.984. The second kappa shape index (κ2) is 6.41. The van der Waals surface area contributed by atoms with Crippen molar-refractivity contribution in [1.29, 1.82) is 0 Å². The normalized spacial score (nSPS) is 37.8. The van der Waals surface area contributed by atoms with Crippen molar-refractivity contribution in [2.45, 2.75) is 50.3 Å². The van der Waals surface area contributed by atoms with Gasteiger partial charge in [-0.2, -0.15) is 0 Å². The summed E-state index contributed by atoms with van der Waals surface area (Å²) in [6.07, 6.45) is 6.22. The molecule has 5 nitrogen and oxygen atoms in total. The number of morpholine rings is 1. The van der Waals surface area contributed by atoms with Crippen molar-refractivity contribution < 1.29 is 14.3 Å². The molecule has 1 saturated carbocycles. The molecule has 2 heterocycles. The van der Waals surface area contributed by atoms with Crippen LogP contribution in [0, 0.1) is 5.92 Å². The van der Waals surface area contributed by atoms with Gasteiger partial charge in [-0.1, -0.05) is 12.8 Å². The second-order valence-corrected chi connectivity index (χ2v) is 6.34. The highest BCUT2D eigenvalue weighted by Crippen LogP contribution is 2.33. The molecule has 3 fully saturated rings. The third-order valence-electron chi connectivity index (χ3n) is 4.96. The maximum atomic E-state index is 12.7. The molecule has 1 aliphatic carbocycles. The molecule has 20 heavy (non-hydrogen) atoms. The van der Waals surface area contributed by atoms with E-state index in [1.165, 1.54) is 25.7 Å². The molecular weight excluding hydrogens is 256 g/mol. The van der Waals surface area contributed by atoms with Crippen molar-refractivity contribution in [3.8, 4) is 0 Å². The number of nitrogens with zero attached hydrogens (tertiary/aromatic N) is 1. The molecule has 0 aromatic heterocycles. The van der Waals surface area contributed by atoms with E-state index in [0.29, 0.717) is 38.3 Å². The monoisotopic (exact) mass is 282 g/mol. The number of rotatable bonds is 3. The molecular formula is C15H26N2O3. The molecule has 2 saturated heterocycles. The third kappa shape index (κ3) is 3.00. The van der Waals surface area contributed by atoms with Crippen LogP contribution in [0.1, 0.15) is 32.1 Å². The molecule has 0 unspecified atom stereocenters. The van der Waals surface area contributed by atoms with Crippen molar-refractivity contribution in [3.05, 3.63) is 0 Å². The fraction of sp³-hybridized carbons (Fsp3) is 0.933. The molecule has 0 bridgehead atoms.